The Morgan fingerprint density at radius 2 is 1.53 bits per heavy atom. The Hall–Kier alpha value is -3.38. The average molecular weight is 432 g/mol. The molecule has 1 aliphatic heterocycles. The van der Waals surface area contributed by atoms with Crippen molar-refractivity contribution in [2.45, 2.75) is 25.8 Å². The Morgan fingerprint density at radius 1 is 0.844 bits per heavy atom. The summed E-state index contributed by atoms with van der Waals surface area (Å²) in [6.07, 6.45) is 1.51. The Labute approximate surface area is 188 Å². The van der Waals surface area contributed by atoms with Crippen LogP contribution in [0.3, 0.4) is 0 Å². The average Bonchev–Trinajstić information content (AvgIpc) is 3.35. The van der Waals surface area contributed by atoms with E-state index in [-0.39, 0.29) is 11.8 Å². The van der Waals surface area contributed by atoms with E-state index in [0.717, 1.165) is 11.3 Å². The molecule has 0 spiro atoms. The minimum absolute atomic E-state index is 0.0701. The first-order chi connectivity index (χ1) is 15.5. The van der Waals surface area contributed by atoms with Crippen molar-refractivity contribution in [1.29, 1.82) is 0 Å². The summed E-state index contributed by atoms with van der Waals surface area (Å²) in [6, 6.07) is 20.8. The summed E-state index contributed by atoms with van der Waals surface area (Å²) >= 11 is 0. The number of benzene rings is 2. The lowest BCUT2D eigenvalue weighted by Crippen LogP contribution is -2.51. The fraction of sp³-hybridized carbons (Fsp3) is 0.308. The van der Waals surface area contributed by atoms with Crippen LogP contribution in [0.5, 0.6) is 0 Å². The van der Waals surface area contributed by atoms with E-state index in [4.69, 9.17) is 4.42 Å². The van der Waals surface area contributed by atoms with E-state index in [1.54, 1.807) is 17.0 Å². The van der Waals surface area contributed by atoms with Crippen molar-refractivity contribution in [3.05, 3.63) is 89.9 Å². The first kappa shape index (κ1) is 21.8. The number of hydrogen-bond acceptors (Lipinski definition) is 4. The van der Waals surface area contributed by atoms with Gasteiger partial charge in [0.05, 0.1) is 6.26 Å². The summed E-state index contributed by atoms with van der Waals surface area (Å²) in [5.74, 6) is 0.609. The predicted octanol–water partition coefficient (Wildman–Crippen LogP) is 4.54. The maximum Gasteiger partial charge on any atom is 0.289 e. The first-order valence-electron chi connectivity index (χ1n) is 11.1. The molecule has 4 rings (SSSR count). The summed E-state index contributed by atoms with van der Waals surface area (Å²) in [5, 5.41) is 3.08. The van der Waals surface area contributed by atoms with Gasteiger partial charge in [0.25, 0.3) is 5.91 Å². The molecule has 2 aromatic carbocycles. The molecule has 166 valence electrons. The molecule has 0 bridgehead atoms. The molecule has 3 aromatic rings. The maximum absolute atomic E-state index is 13.4. The van der Waals surface area contributed by atoms with Gasteiger partial charge in [-0.05, 0) is 41.3 Å². The van der Waals surface area contributed by atoms with Crippen molar-refractivity contribution in [1.82, 2.24) is 9.80 Å². The summed E-state index contributed by atoms with van der Waals surface area (Å²) < 4.78 is 5.25. The van der Waals surface area contributed by atoms with Crippen LogP contribution in [0.25, 0.3) is 0 Å². The van der Waals surface area contributed by atoms with Gasteiger partial charge in [0.15, 0.2) is 5.76 Å². The molecule has 1 N–H and O–H groups in total. The predicted molar refractivity (Wildman–Crippen MR) is 125 cm³/mol. The lowest BCUT2D eigenvalue weighted by molar-refractivity contribution is -0.122. The smallest absolute Gasteiger partial charge is 0.289 e. The molecule has 1 atom stereocenters. The zero-order valence-electron chi connectivity index (χ0n) is 18.5. The minimum atomic E-state index is -0.429. The minimum Gasteiger partial charge on any atom is -0.459 e. The molecule has 0 radical (unpaired) electrons. The third-order valence-electron chi connectivity index (χ3n) is 5.91. The second kappa shape index (κ2) is 9.83. The van der Waals surface area contributed by atoms with Crippen molar-refractivity contribution < 1.29 is 14.0 Å². The van der Waals surface area contributed by atoms with E-state index >= 15 is 0 Å². The van der Waals surface area contributed by atoms with Crippen LogP contribution in [-0.4, -0.2) is 47.8 Å². The fourth-order valence-corrected chi connectivity index (χ4v) is 4.06. The van der Waals surface area contributed by atoms with Crippen molar-refractivity contribution in [3.8, 4) is 0 Å². The van der Waals surface area contributed by atoms with E-state index in [2.05, 4.69) is 36.2 Å². The highest BCUT2D eigenvalue weighted by molar-refractivity contribution is 5.95. The van der Waals surface area contributed by atoms with Crippen LogP contribution in [0.2, 0.25) is 0 Å². The molecule has 0 unspecified atom stereocenters. The number of hydrogen-bond donors (Lipinski definition) is 1. The van der Waals surface area contributed by atoms with Gasteiger partial charge in [0.1, 0.15) is 6.04 Å². The van der Waals surface area contributed by atoms with E-state index in [0.29, 0.717) is 37.9 Å². The summed E-state index contributed by atoms with van der Waals surface area (Å²) in [5.41, 5.74) is 2.96. The highest BCUT2D eigenvalue weighted by Crippen LogP contribution is 2.25. The lowest BCUT2D eigenvalue weighted by Gasteiger charge is -2.38. The van der Waals surface area contributed by atoms with E-state index in [1.165, 1.54) is 11.8 Å². The Kier molecular flexibility index (Phi) is 6.71. The van der Waals surface area contributed by atoms with Gasteiger partial charge >= 0.3 is 0 Å². The second-order valence-corrected chi connectivity index (χ2v) is 8.38. The summed E-state index contributed by atoms with van der Waals surface area (Å²) in [7, 11) is 0. The molecule has 1 aromatic heterocycles. The van der Waals surface area contributed by atoms with Gasteiger partial charge in [-0.15, -0.1) is 0 Å². The van der Waals surface area contributed by atoms with Gasteiger partial charge in [-0.2, -0.15) is 0 Å². The molecule has 1 saturated heterocycles. The maximum atomic E-state index is 13.4. The molecular weight excluding hydrogens is 402 g/mol. The van der Waals surface area contributed by atoms with Crippen LogP contribution in [0.1, 0.15) is 47.5 Å². The van der Waals surface area contributed by atoms with Crippen molar-refractivity contribution in [2.75, 3.05) is 31.5 Å². The Balaban J connectivity index is 1.48. The molecule has 2 heterocycles. The zero-order valence-corrected chi connectivity index (χ0v) is 18.5. The number of carbonyl (C=O) groups is 2. The number of piperazine rings is 1. The Bertz CT molecular complexity index is 1020. The lowest BCUT2D eigenvalue weighted by atomic mass is 10.0. The van der Waals surface area contributed by atoms with Crippen LogP contribution < -0.4 is 5.32 Å². The molecule has 0 saturated carbocycles. The molecule has 6 heteroatoms. The number of rotatable bonds is 6. The molecule has 2 amide bonds. The van der Waals surface area contributed by atoms with Gasteiger partial charge in [-0.25, -0.2) is 0 Å². The quantitative estimate of drug-likeness (QED) is 0.622. The first-order valence-corrected chi connectivity index (χ1v) is 11.1. The van der Waals surface area contributed by atoms with Gasteiger partial charge < -0.3 is 14.6 Å². The molecule has 0 aliphatic carbocycles. The summed E-state index contributed by atoms with van der Waals surface area (Å²) in [6.45, 7) is 6.58. The second-order valence-electron chi connectivity index (χ2n) is 8.38. The Morgan fingerprint density at radius 3 is 2.12 bits per heavy atom. The third kappa shape index (κ3) is 4.92. The van der Waals surface area contributed by atoms with Gasteiger partial charge in [0.2, 0.25) is 5.91 Å². The van der Waals surface area contributed by atoms with E-state index < -0.39 is 6.04 Å². The third-order valence-corrected chi connectivity index (χ3v) is 5.91. The molecule has 1 fully saturated rings. The molecular formula is C26H29N3O3. The van der Waals surface area contributed by atoms with Crippen LogP contribution in [0.4, 0.5) is 5.69 Å². The van der Waals surface area contributed by atoms with Gasteiger partial charge in [0, 0.05) is 31.9 Å². The standard InChI is InChI=1S/C26H29N3O3/c1-19(2)20-10-12-22(13-11-20)27-25(30)24(21-7-4-3-5-8-21)28-14-16-29(17-15-28)26(31)23-9-6-18-32-23/h3-13,18-19,24H,14-17H2,1-2H3,(H,27,30)/t24-/m1/s1. The van der Waals surface area contributed by atoms with Crippen LogP contribution in [0.15, 0.2) is 77.4 Å². The van der Waals surface area contributed by atoms with Crippen LogP contribution in [-0.2, 0) is 4.79 Å². The van der Waals surface area contributed by atoms with Gasteiger partial charge in [-0.1, -0.05) is 56.3 Å². The largest absolute Gasteiger partial charge is 0.459 e. The topological polar surface area (TPSA) is 65.8 Å². The van der Waals surface area contributed by atoms with Crippen molar-refractivity contribution in [2.24, 2.45) is 0 Å². The van der Waals surface area contributed by atoms with Gasteiger partial charge in [-0.3, -0.25) is 14.5 Å². The normalized spacial score (nSPS) is 15.5. The number of nitrogens with one attached hydrogen (secondary N) is 1. The molecule has 1 aliphatic rings. The zero-order chi connectivity index (χ0) is 22.5. The molecule has 6 nitrogen and oxygen atoms in total. The monoisotopic (exact) mass is 431 g/mol. The number of amides is 2. The van der Waals surface area contributed by atoms with Crippen molar-refractivity contribution in [3.63, 3.8) is 0 Å². The van der Waals surface area contributed by atoms with E-state index in [9.17, 15) is 9.59 Å². The highest BCUT2D eigenvalue weighted by atomic mass is 16.3. The van der Waals surface area contributed by atoms with Crippen LogP contribution in [0, 0.1) is 0 Å². The van der Waals surface area contributed by atoms with Crippen LogP contribution >= 0.6 is 0 Å². The summed E-state index contributed by atoms with van der Waals surface area (Å²) in [4.78, 5) is 29.9. The number of nitrogens with zero attached hydrogens (tertiary/aromatic N) is 2. The van der Waals surface area contributed by atoms with Crippen molar-refractivity contribution >= 4 is 17.5 Å². The molecule has 32 heavy (non-hydrogen) atoms. The fourth-order valence-electron chi connectivity index (χ4n) is 4.06. The SMILES string of the molecule is CC(C)c1ccc(NC(=O)[C@@H](c2ccccc2)N2CCN(C(=O)c3ccco3)CC2)cc1. The number of furan rings is 1. The number of carbonyl (C=O) groups excluding carboxylic acids is 2. The number of anilines is 1. The highest BCUT2D eigenvalue weighted by Gasteiger charge is 2.32. The van der Waals surface area contributed by atoms with E-state index in [1.807, 2.05) is 42.5 Å².